The Kier molecular flexibility index (Phi) is 4.37. The molecule has 4 N–H and O–H groups in total. The fourth-order valence-corrected chi connectivity index (χ4v) is 2.27. The van der Waals surface area contributed by atoms with Gasteiger partial charge in [-0.15, -0.1) is 5.10 Å². The molecule has 0 atom stereocenters. The number of para-hydroxylation sites is 1. The molecule has 1 aromatic heterocycles. The van der Waals surface area contributed by atoms with Gasteiger partial charge in [-0.25, -0.2) is 9.48 Å². The lowest BCUT2D eigenvalue weighted by molar-refractivity contribution is -0.121. The number of primary amides is 1. The Balaban J connectivity index is 1.56. The molecule has 8 nitrogen and oxygen atoms in total. The van der Waals surface area contributed by atoms with E-state index in [1.165, 1.54) is 0 Å². The number of hydrogen-bond acceptors (Lipinski definition) is 4. The van der Waals surface area contributed by atoms with Crippen LogP contribution in [0.2, 0.25) is 0 Å². The first kappa shape index (κ1) is 15.5. The monoisotopic (exact) mass is 324 g/mol. The van der Waals surface area contributed by atoms with Crippen LogP contribution in [0, 0.1) is 0 Å². The normalized spacial score (nSPS) is 10.5. The highest BCUT2D eigenvalue weighted by Crippen LogP contribution is 2.10. The summed E-state index contributed by atoms with van der Waals surface area (Å²) in [7, 11) is 0. The molecular formula is C16H16N6O2. The topological polar surface area (TPSA) is 115 Å². The lowest BCUT2D eigenvalue weighted by Crippen LogP contribution is -2.27. The van der Waals surface area contributed by atoms with E-state index < -0.39 is 6.03 Å². The minimum absolute atomic E-state index is 0.0990. The molecule has 0 unspecified atom stereocenters. The standard InChI is InChI=1S/C16H16N6O2/c17-16(24)19-12-7-5-11(6-8-12)9-18-15(23)10-22-14-4-2-1-3-13(14)20-21-22/h1-8H,9-10H2,(H,18,23)(H3,17,19,24). The number of fused-ring (bicyclic) bond motifs is 1. The van der Waals surface area contributed by atoms with Crippen LogP contribution in [0.5, 0.6) is 0 Å². The number of anilines is 1. The van der Waals surface area contributed by atoms with Crippen LogP contribution in [0.1, 0.15) is 5.56 Å². The van der Waals surface area contributed by atoms with Crippen LogP contribution in [-0.4, -0.2) is 26.9 Å². The smallest absolute Gasteiger partial charge is 0.316 e. The average Bonchev–Trinajstić information content (AvgIpc) is 2.97. The number of nitrogens with one attached hydrogen (secondary N) is 2. The molecule has 0 radical (unpaired) electrons. The van der Waals surface area contributed by atoms with E-state index >= 15 is 0 Å². The summed E-state index contributed by atoms with van der Waals surface area (Å²) in [5.74, 6) is -0.162. The van der Waals surface area contributed by atoms with Crippen molar-refractivity contribution < 1.29 is 9.59 Å². The molecule has 0 aliphatic rings. The molecule has 0 spiro atoms. The van der Waals surface area contributed by atoms with Crippen LogP contribution in [-0.2, 0) is 17.9 Å². The molecule has 3 aromatic rings. The van der Waals surface area contributed by atoms with Gasteiger partial charge in [0.1, 0.15) is 12.1 Å². The van der Waals surface area contributed by atoms with E-state index in [0.29, 0.717) is 12.2 Å². The Hall–Kier alpha value is -3.42. The van der Waals surface area contributed by atoms with Crippen LogP contribution in [0.3, 0.4) is 0 Å². The first-order valence-corrected chi connectivity index (χ1v) is 7.32. The lowest BCUT2D eigenvalue weighted by atomic mass is 10.2. The molecule has 122 valence electrons. The molecular weight excluding hydrogens is 308 g/mol. The predicted molar refractivity (Wildman–Crippen MR) is 89.0 cm³/mol. The van der Waals surface area contributed by atoms with Crippen molar-refractivity contribution in [2.24, 2.45) is 5.73 Å². The van der Waals surface area contributed by atoms with E-state index in [4.69, 9.17) is 5.73 Å². The second-order valence-electron chi connectivity index (χ2n) is 5.20. The van der Waals surface area contributed by atoms with Crippen LogP contribution in [0.4, 0.5) is 10.5 Å². The number of urea groups is 1. The highest BCUT2D eigenvalue weighted by molar-refractivity contribution is 5.87. The second kappa shape index (κ2) is 6.78. The van der Waals surface area contributed by atoms with Gasteiger partial charge in [0.05, 0.1) is 5.52 Å². The molecule has 0 bridgehead atoms. The lowest BCUT2D eigenvalue weighted by Gasteiger charge is -2.07. The van der Waals surface area contributed by atoms with Gasteiger partial charge in [0.25, 0.3) is 0 Å². The van der Waals surface area contributed by atoms with Gasteiger partial charge in [-0.1, -0.05) is 29.5 Å². The zero-order valence-corrected chi connectivity index (χ0v) is 12.8. The van der Waals surface area contributed by atoms with Gasteiger partial charge < -0.3 is 16.4 Å². The summed E-state index contributed by atoms with van der Waals surface area (Å²) in [4.78, 5) is 22.8. The van der Waals surface area contributed by atoms with Crippen LogP contribution in [0.25, 0.3) is 11.0 Å². The Labute approximate surface area is 137 Å². The highest BCUT2D eigenvalue weighted by Gasteiger charge is 2.08. The second-order valence-corrected chi connectivity index (χ2v) is 5.20. The number of rotatable bonds is 5. The van der Waals surface area contributed by atoms with Crippen molar-refractivity contribution in [3.8, 4) is 0 Å². The number of aromatic nitrogens is 3. The van der Waals surface area contributed by atoms with Gasteiger partial charge in [0.15, 0.2) is 0 Å². The molecule has 0 saturated heterocycles. The largest absolute Gasteiger partial charge is 0.351 e. The number of nitrogens with two attached hydrogens (primary N) is 1. The summed E-state index contributed by atoms with van der Waals surface area (Å²) in [6, 6.07) is 13.9. The number of hydrogen-bond donors (Lipinski definition) is 3. The summed E-state index contributed by atoms with van der Waals surface area (Å²) in [5, 5.41) is 13.3. The summed E-state index contributed by atoms with van der Waals surface area (Å²) >= 11 is 0. The summed E-state index contributed by atoms with van der Waals surface area (Å²) in [5.41, 5.74) is 8.12. The Morgan fingerprint density at radius 3 is 2.58 bits per heavy atom. The maximum absolute atomic E-state index is 12.1. The maximum atomic E-state index is 12.1. The number of benzene rings is 2. The quantitative estimate of drug-likeness (QED) is 0.655. The third-order valence-electron chi connectivity index (χ3n) is 3.42. The predicted octanol–water partition coefficient (Wildman–Crippen LogP) is 1.24. The Morgan fingerprint density at radius 1 is 1.08 bits per heavy atom. The van der Waals surface area contributed by atoms with Crippen LogP contribution < -0.4 is 16.4 Å². The van der Waals surface area contributed by atoms with Gasteiger partial charge in [-0.05, 0) is 29.8 Å². The Morgan fingerprint density at radius 2 is 1.83 bits per heavy atom. The fraction of sp³-hybridized carbons (Fsp3) is 0.125. The van der Waals surface area contributed by atoms with Gasteiger partial charge in [0, 0.05) is 12.2 Å². The third-order valence-corrected chi connectivity index (χ3v) is 3.42. The molecule has 0 aliphatic carbocycles. The van der Waals surface area contributed by atoms with E-state index in [9.17, 15) is 9.59 Å². The summed E-state index contributed by atoms with van der Waals surface area (Å²) in [6.07, 6.45) is 0. The number of nitrogens with zero attached hydrogens (tertiary/aromatic N) is 3. The maximum Gasteiger partial charge on any atom is 0.316 e. The molecule has 3 amide bonds. The van der Waals surface area contributed by atoms with Gasteiger partial charge in [-0.3, -0.25) is 4.79 Å². The molecule has 3 rings (SSSR count). The van der Waals surface area contributed by atoms with Gasteiger partial charge in [-0.2, -0.15) is 0 Å². The molecule has 1 heterocycles. The van der Waals surface area contributed by atoms with E-state index in [1.54, 1.807) is 28.9 Å². The zero-order valence-electron chi connectivity index (χ0n) is 12.8. The molecule has 0 fully saturated rings. The molecule has 0 saturated carbocycles. The number of amides is 3. The van der Waals surface area contributed by atoms with Gasteiger partial charge >= 0.3 is 6.03 Å². The number of carbonyl (C=O) groups is 2. The minimum atomic E-state index is -0.615. The van der Waals surface area contributed by atoms with Crippen molar-refractivity contribution in [2.45, 2.75) is 13.1 Å². The first-order chi connectivity index (χ1) is 11.6. The fourth-order valence-electron chi connectivity index (χ4n) is 2.27. The molecule has 2 aromatic carbocycles. The van der Waals surface area contributed by atoms with Crippen LogP contribution in [0.15, 0.2) is 48.5 Å². The molecule has 24 heavy (non-hydrogen) atoms. The summed E-state index contributed by atoms with van der Waals surface area (Å²) < 4.78 is 1.56. The number of carbonyl (C=O) groups excluding carboxylic acids is 2. The van der Waals surface area contributed by atoms with Crippen molar-refractivity contribution >= 4 is 28.7 Å². The molecule has 8 heteroatoms. The summed E-state index contributed by atoms with van der Waals surface area (Å²) in [6.45, 7) is 0.476. The zero-order chi connectivity index (χ0) is 16.9. The third kappa shape index (κ3) is 3.67. The van der Waals surface area contributed by atoms with Crippen molar-refractivity contribution in [1.29, 1.82) is 0 Å². The van der Waals surface area contributed by atoms with Crippen molar-refractivity contribution in [1.82, 2.24) is 20.3 Å². The average molecular weight is 324 g/mol. The van der Waals surface area contributed by atoms with E-state index in [2.05, 4.69) is 20.9 Å². The van der Waals surface area contributed by atoms with Gasteiger partial charge in [0.2, 0.25) is 5.91 Å². The van der Waals surface area contributed by atoms with E-state index in [0.717, 1.165) is 16.6 Å². The van der Waals surface area contributed by atoms with Crippen molar-refractivity contribution in [3.05, 3.63) is 54.1 Å². The van der Waals surface area contributed by atoms with E-state index in [1.807, 2.05) is 24.3 Å². The van der Waals surface area contributed by atoms with E-state index in [-0.39, 0.29) is 12.5 Å². The SMILES string of the molecule is NC(=O)Nc1ccc(CNC(=O)Cn2nnc3ccccc32)cc1. The first-order valence-electron chi connectivity index (χ1n) is 7.32. The minimum Gasteiger partial charge on any atom is -0.351 e. The Bertz CT molecular complexity index is 872. The van der Waals surface area contributed by atoms with Crippen molar-refractivity contribution in [2.75, 3.05) is 5.32 Å². The molecule has 0 aliphatic heterocycles. The van der Waals surface area contributed by atoms with Crippen LogP contribution >= 0.6 is 0 Å². The highest BCUT2D eigenvalue weighted by atomic mass is 16.2. The van der Waals surface area contributed by atoms with Crippen molar-refractivity contribution in [3.63, 3.8) is 0 Å².